The van der Waals surface area contributed by atoms with Gasteiger partial charge in [0.25, 0.3) is 0 Å². The monoisotopic (exact) mass is 217 g/mol. The Kier molecular flexibility index (Phi) is 3.00. The summed E-state index contributed by atoms with van der Waals surface area (Å²) in [6, 6.07) is 9.37. The van der Waals surface area contributed by atoms with Crippen LogP contribution in [0.2, 0.25) is 0 Å². The number of hydrogen-bond donors (Lipinski definition) is 0. The van der Waals surface area contributed by atoms with Crippen molar-refractivity contribution in [2.45, 2.75) is 6.92 Å². The molecule has 0 amide bonds. The van der Waals surface area contributed by atoms with Crippen molar-refractivity contribution in [2.24, 2.45) is 5.16 Å². The van der Waals surface area contributed by atoms with Crippen LogP contribution in [0.15, 0.2) is 47.3 Å². The fourth-order valence-corrected chi connectivity index (χ4v) is 1.36. The van der Waals surface area contributed by atoms with Crippen LogP contribution in [0.4, 0.5) is 0 Å². The Balaban J connectivity index is 2.31. The second kappa shape index (κ2) is 4.61. The van der Waals surface area contributed by atoms with Crippen molar-refractivity contribution in [2.75, 3.05) is 6.61 Å². The lowest BCUT2D eigenvalue weighted by Gasteiger charge is -1.99. The molecule has 0 bridgehead atoms. The first kappa shape index (κ1) is 10.4. The maximum absolute atomic E-state index is 11.4. The van der Waals surface area contributed by atoms with E-state index in [1.54, 1.807) is 0 Å². The molecule has 1 aliphatic rings. The van der Waals surface area contributed by atoms with Gasteiger partial charge in [0.1, 0.15) is 11.3 Å². The summed E-state index contributed by atoms with van der Waals surface area (Å²) in [7, 11) is 0. The van der Waals surface area contributed by atoms with Gasteiger partial charge in [-0.1, -0.05) is 35.5 Å². The highest BCUT2D eigenvalue weighted by molar-refractivity contribution is 6.28. The van der Waals surface area contributed by atoms with Crippen molar-refractivity contribution in [1.82, 2.24) is 0 Å². The van der Waals surface area contributed by atoms with Gasteiger partial charge >= 0.3 is 5.97 Å². The van der Waals surface area contributed by atoms with Gasteiger partial charge in [-0.3, -0.25) is 0 Å². The molecule has 0 saturated heterocycles. The molecule has 1 aliphatic heterocycles. The van der Waals surface area contributed by atoms with Crippen molar-refractivity contribution in [3.05, 3.63) is 47.7 Å². The number of rotatable bonds is 3. The summed E-state index contributed by atoms with van der Waals surface area (Å²) >= 11 is 0. The molecule has 1 aromatic rings. The first-order valence-electron chi connectivity index (χ1n) is 5.00. The van der Waals surface area contributed by atoms with E-state index in [9.17, 15) is 4.79 Å². The third kappa shape index (κ3) is 1.95. The zero-order chi connectivity index (χ0) is 11.4. The normalized spacial score (nSPS) is 17.2. The lowest BCUT2D eigenvalue weighted by atomic mass is 10.0. The van der Waals surface area contributed by atoms with Crippen LogP contribution >= 0.6 is 0 Å². The van der Waals surface area contributed by atoms with Crippen LogP contribution in [0.5, 0.6) is 0 Å². The highest BCUT2D eigenvalue weighted by Crippen LogP contribution is 2.17. The van der Waals surface area contributed by atoms with Crippen LogP contribution in [0.3, 0.4) is 0 Å². The molecule has 0 saturated carbocycles. The summed E-state index contributed by atoms with van der Waals surface area (Å²) in [4.78, 5) is 16.0. The van der Waals surface area contributed by atoms with Gasteiger partial charge in [-0.25, -0.2) is 4.79 Å². The molecule has 1 heterocycles. The zero-order valence-electron chi connectivity index (χ0n) is 8.84. The lowest BCUT2D eigenvalue weighted by molar-refractivity contribution is -0.137. The topological polar surface area (TPSA) is 47.9 Å². The second-order valence-electron chi connectivity index (χ2n) is 3.17. The fraction of sp³-hybridized carbons (Fsp3) is 0.167. The van der Waals surface area contributed by atoms with Crippen LogP contribution in [0.1, 0.15) is 12.5 Å². The molecule has 0 unspecified atom stereocenters. The van der Waals surface area contributed by atoms with E-state index in [-0.39, 0.29) is 0 Å². The molecule has 0 radical (unpaired) electrons. The third-order valence-corrected chi connectivity index (χ3v) is 2.11. The van der Waals surface area contributed by atoms with Gasteiger partial charge in [-0.05, 0) is 6.92 Å². The Bertz CT molecular complexity index is 449. The van der Waals surface area contributed by atoms with Crippen LogP contribution < -0.4 is 0 Å². The number of carbonyl (C=O) groups excluding carboxylic acids is 1. The lowest BCUT2D eigenvalue weighted by Crippen LogP contribution is -2.07. The van der Waals surface area contributed by atoms with Gasteiger partial charge in [0, 0.05) is 5.56 Å². The van der Waals surface area contributed by atoms with Gasteiger partial charge in [0.05, 0.1) is 12.9 Å². The SMILES string of the molecule is CCO/C=C1/C(=O)ON=C1c1ccccc1. The standard InChI is InChI=1S/C12H11NO3/c1-2-15-8-10-11(13-16-12(10)14)9-6-4-3-5-7-9/h3-8H,2H2,1H3/b10-8+. The molecular formula is C12H11NO3. The predicted octanol–water partition coefficient (Wildman–Crippen LogP) is 1.87. The Morgan fingerprint density at radius 2 is 2.12 bits per heavy atom. The summed E-state index contributed by atoms with van der Waals surface area (Å²) in [5, 5.41) is 3.74. The fourth-order valence-electron chi connectivity index (χ4n) is 1.36. The van der Waals surface area contributed by atoms with E-state index in [0.29, 0.717) is 17.9 Å². The largest absolute Gasteiger partial charge is 0.500 e. The van der Waals surface area contributed by atoms with Crippen molar-refractivity contribution >= 4 is 11.7 Å². The molecule has 4 heteroatoms. The van der Waals surface area contributed by atoms with E-state index in [0.717, 1.165) is 5.56 Å². The van der Waals surface area contributed by atoms with Crippen molar-refractivity contribution in [3.63, 3.8) is 0 Å². The van der Waals surface area contributed by atoms with Crippen LogP contribution in [0, 0.1) is 0 Å². The summed E-state index contributed by atoms with van der Waals surface area (Å²) < 4.78 is 5.10. The minimum absolute atomic E-state index is 0.355. The Morgan fingerprint density at radius 1 is 1.38 bits per heavy atom. The highest BCUT2D eigenvalue weighted by Gasteiger charge is 2.27. The number of benzene rings is 1. The number of nitrogens with zero attached hydrogens (tertiary/aromatic N) is 1. The molecule has 0 aromatic heterocycles. The Hall–Kier alpha value is -2.10. The van der Waals surface area contributed by atoms with Crippen molar-refractivity contribution in [1.29, 1.82) is 0 Å². The quantitative estimate of drug-likeness (QED) is 0.441. The van der Waals surface area contributed by atoms with E-state index in [1.165, 1.54) is 6.26 Å². The average Bonchev–Trinajstić information content (AvgIpc) is 2.69. The van der Waals surface area contributed by atoms with E-state index in [2.05, 4.69) is 9.99 Å². The van der Waals surface area contributed by atoms with Crippen LogP contribution in [-0.4, -0.2) is 18.3 Å². The van der Waals surface area contributed by atoms with Gasteiger partial charge < -0.3 is 9.57 Å². The minimum Gasteiger partial charge on any atom is -0.500 e. The molecule has 0 N–H and O–H groups in total. The van der Waals surface area contributed by atoms with Crippen molar-refractivity contribution in [3.8, 4) is 0 Å². The number of oxime groups is 1. The number of ether oxygens (including phenoxy) is 1. The van der Waals surface area contributed by atoms with E-state index in [1.807, 2.05) is 37.3 Å². The molecule has 0 spiro atoms. The molecule has 0 aliphatic carbocycles. The summed E-state index contributed by atoms with van der Waals surface area (Å²) in [5.41, 5.74) is 1.70. The number of hydrogen-bond acceptors (Lipinski definition) is 4. The third-order valence-electron chi connectivity index (χ3n) is 2.11. The summed E-state index contributed by atoms with van der Waals surface area (Å²) in [6.45, 7) is 2.34. The van der Waals surface area contributed by atoms with Gasteiger partial charge in [0.2, 0.25) is 0 Å². The van der Waals surface area contributed by atoms with Gasteiger partial charge in [-0.2, -0.15) is 0 Å². The molecule has 4 nitrogen and oxygen atoms in total. The predicted molar refractivity (Wildman–Crippen MR) is 58.8 cm³/mol. The van der Waals surface area contributed by atoms with E-state index < -0.39 is 5.97 Å². The summed E-state index contributed by atoms with van der Waals surface area (Å²) in [5.74, 6) is -0.479. The van der Waals surface area contributed by atoms with Crippen molar-refractivity contribution < 1.29 is 14.4 Å². The molecular weight excluding hydrogens is 206 g/mol. The summed E-state index contributed by atoms with van der Waals surface area (Å²) in [6.07, 6.45) is 1.39. The minimum atomic E-state index is -0.479. The second-order valence-corrected chi connectivity index (χ2v) is 3.17. The molecule has 2 rings (SSSR count). The van der Waals surface area contributed by atoms with Crippen LogP contribution in [0.25, 0.3) is 0 Å². The molecule has 0 fully saturated rings. The zero-order valence-corrected chi connectivity index (χ0v) is 8.84. The number of carbonyl (C=O) groups is 1. The maximum atomic E-state index is 11.4. The average molecular weight is 217 g/mol. The Labute approximate surface area is 93.2 Å². The first-order valence-corrected chi connectivity index (χ1v) is 5.00. The molecule has 0 atom stereocenters. The van der Waals surface area contributed by atoms with Gasteiger partial charge in [0.15, 0.2) is 0 Å². The smallest absolute Gasteiger partial charge is 0.371 e. The first-order chi connectivity index (χ1) is 7.83. The Morgan fingerprint density at radius 3 is 2.81 bits per heavy atom. The van der Waals surface area contributed by atoms with Crippen LogP contribution in [-0.2, 0) is 14.4 Å². The maximum Gasteiger partial charge on any atom is 0.371 e. The molecule has 1 aromatic carbocycles. The van der Waals surface area contributed by atoms with E-state index in [4.69, 9.17) is 4.74 Å². The molecule has 16 heavy (non-hydrogen) atoms. The molecule has 82 valence electrons. The van der Waals surface area contributed by atoms with E-state index >= 15 is 0 Å². The highest BCUT2D eigenvalue weighted by atomic mass is 16.7. The van der Waals surface area contributed by atoms with Gasteiger partial charge in [-0.15, -0.1) is 0 Å².